The van der Waals surface area contributed by atoms with Crippen LogP contribution >= 0.6 is 27.5 Å². The quantitative estimate of drug-likeness (QED) is 0.750. The fourth-order valence-corrected chi connectivity index (χ4v) is 2.28. The van der Waals surface area contributed by atoms with Crippen molar-refractivity contribution in [3.8, 4) is 0 Å². The highest BCUT2D eigenvalue weighted by molar-refractivity contribution is 9.10. The summed E-state index contributed by atoms with van der Waals surface area (Å²) >= 11 is 9.42. The molecule has 6 heteroatoms. The van der Waals surface area contributed by atoms with Crippen LogP contribution < -0.4 is 10.6 Å². The molecular weight excluding hydrogens is 352 g/mol. The third-order valence-electron chi connectivity index (χ3n) is 2.84. The standard InChI is InChI=1S/C15H18BrClN4/c1-3-7-18-14-9-15(21-13(4-2)20-14)19-10-5-6-12(17)11(16)8-10/h5-6,8-9H,3-4,7H2,1-2H3,(H2,18,19,20,21). The zero-order chi connectivity index (χ0) is 15.2. The van der Waals surface area contributed by atoms with Crippen LogP contribution in [0.25, 0.3) is 0 Å². The van der Waals surface area contributed by atoms with Crippen molar-refractivity contribution in [2.75, 3.05) is 17.2 Å². The Labute approximate surface area is 138 Å². The van der Waals surface area contributed by atoms with Crippen LogP contribution in [0.1, 0.15) is 26.1 Å². The van der Waals surface area contributed by atoms with Gasteiger partial charge in [-0.3, -0.25) is 0 Å². The topological polar surface area (TPSA) is 49.8 Å². The number of aromatic nitrogens is 2. The van der Waals surface area contributed by atoms with Crippen LogP contribution in [0.2, 0.25) is 5.02 Å². The van der Waals surface area contributed by atoms with Gasteiger partial charge in [0.15, 0.2) is 0 Å². The van der Waals surface area contributed by atoms with E-state index in [1.165, 1.54) is 0 Å². The van der Waals surface area contributed by atoms with Crippen molar-refractivity contribution >= 4 is 44.9 Å². The first-order valence-corrected chi connectivity index (χ1v) is 8.13. The number of nitrogens with zero attached hydrogens (tertiary/aromatic N) is 2. The zero-order valence-electron chi connectivity index (χ0n) is 12.1. The molecule has 4 nitrogen and oxygen atoms in total. The predicted octanol–water partition coefficient (Wildman–Crippen LogP) is 5.02. The van der Waals surface area contributed by atoms with Gasteiger partial charge >= 0.3 is 0 Å². The molecule has 2 rings (SSSR count). The molecule has 1 heterocycles. The Morgan fingerprint density at radius 2 is 1.90 bits per heavy atom. The van der Waals surface area contributed by atoms with Gasteiger partial charge in [0.2, 0.25) is 0 Å². The lowest BCUT2D eigenvalue weighted by atomic mass is 10.3. The predicted molar refractivity (Wildman–Crippen MR) is 92.6 cm³/mol. The van der Waals surface area contributed by atoms with Crippen molar-refractivity contribution in [3.05, 3.63) is 39.6 Å². The van der Waals surface area contributed by atoms with Gasteiger partial charge in [0.05, 0.1) is 5.02 Å². The molecule has 0 spiro atoms. The highest BCUT2D eigenvalue weighted by atomic mass is 79.9. The van der Waals surface area contributed by atoms with Gasteiger partial charge in [-0.1, -0.05) is 25.4 Å². The van der Waals surface area contributed by atoms with Crippen LogP contribution in [-0.4, -0.2) is 16.5 Å². The normalized spacial score (nSPS) is 10.5. The molecule has 112 valence electrons. The van der Waals surface area contributed by atoms with Gasteiger partial charge in [-0.2, -0.15) is 0 Å². The van der Waals surface area contributed by atoms with E-state index in [4.69, 9.17) is 11.6 Å². The molecule has 0 aliphatic heterocycles. The maximum Gasteiger partial charge on any atom is 0.136 e. The zero-order valence-corrected chi connectivity index (χ0v) is 14.4. The van der Waals surface area contributed by atoms with E-state index in [9.17, 15) is 0 Å². The lowest BCUT2D eigenvalue weighted by molar-refractivity contribution is 0.919. The van der Waals surface area contributed by atoms with Crippen molar-refractivity contribution in [1.29, 1.82) is 0 Å². The molecule has 0 atom stereocenters. The van der Waals surface area contributed by atoms with E-state index in [2.05, 4.69) is 43.5 Å². The smallest absolute Gasteiger partial charge is 0.136 e. The number of aryl methyl sites for hydroxylation is 1. The molecule has 0 aliphatic carbocycles. The number of hydrogen-bond acceptors (Lipinski definition) is 4. The summed E-state index contributed by atoms with van der Waals surface area (Å²) in [6.45, 7) is 5.06. The van der Waals surface area contributed by atoms with Crippen LogP contribution in [0, 0.1) is 0 Å². The van der Waals surface area contributed by atoms with Gasteiger partial charge in [0.1, 0.15) is 17.5 Å². The fourth-order valence-electron chi connectivity index (χ4n) is 1.78. The lowest BCUT2D eigenvalue weighted by Crippen LogP contribution is -2.06. The molecule has 0 amide bonds. The van der Waals surface area contributed by atoms with Crippen LogP contribution in [0.5, 0.6) is 0 Å². The van der Waals surface area contributed by atoms with Gasteiger partial charge < -0.3 is 10.6 Å². The monoisotopic (exact) mass is 368 g/mol. The lowest BCUT2D eigenvalue weighted by Gasteiger charge is -2.11. The van der Waals surface area contributed by atoms with Crippen molar-refractivity contribution < 1.29 is 0 Å². The van der Waals surface area contributed by atoms with Crippen LogP contribution in [0.3, 0.4) is 0 Å². The van der Waals surface area contributed by atoms with Gasteiger partial charge in [-0.25, -0.2) is 9.97 Å². The molecule has 0 saturated heterocycles. The van der Waals surface area contributed by atoms with Crippen molar-refractivity contribution in [2.24, 2.45) is 0 Å². The fraction of sp³-hybridized carbons (Fsp3) is 0.333. The Morgan fingerprint density at radius 3 is 2.57 bits per heavy atom. The average molecular weight is 370 g/mol. The summed E-state index contributed by atoms with van der Waals surface area (Å²) in [6.07, 6.45) is 1.85. The average Bonchev–Trinajstić information content (AvgIpc) is 2.48. The minimum atomic E-state index is 0.683. The van der Waals surface area contributed by atoms with E-state index in [-0.39, 0.29) is 0 Å². The van der Waals surface area contributed by atoms with E-state index in [1.54, 1.807) is 0 Å². The maximum atomic E-state index is 6.00. The number of rotatable bonds is 6. The van der Waals surface area contributed by atoms with Gasteiger partial charge in [-0.15, -0.1) is 0 Å². The third kappa shape index (κ3) is 4.58. The largest absolute Gasteiger partial charge is 0.370 e. The maximum absolute atomic E-state index is 6.00. The Kier molecular flexibility index (Phi) is 5.82. The van der Waals surface area contributed by atoms with E-state index in [1.807, 2.05) is 31.2 Å². The number of halogens is 2. The molecule has 0 bridgehead atoms. The molecule has 0 fully saturated rings. The van der Waals surface area contributed by atoms with E-state index >= 15 is 0 Å². The molecule has 2 N–H and O–H groups in total. The highest BCUT2D eigenvalue weighted by Crippen LogP contribution is 2.27. The summed E-state index contributed by atoms with van der Waals surface area (Å²) in [6, 6.07) is 7.60. The van der Waals surface area contributed by atoms with Crippen LogP contribution in [-0.2, 0) is 6.42 Å². The van der Waals surface area contributed by atoms with Crippen LogP contribution in [0.4, 0.5) is 17.3 Å². The number of benzene rings is 1. The third-order valence-corrected chi connectivity index (χ3v) is 4.05. The van der Waals surface area contributed by atoms with Gasteiger partial charge in [0.25, 0.3) is 0 Å². The molecule has 21 heavy (non-hydrogen) atoms. The van der Waals surface area contributed by atoms with Crippen molar-refractivity contribution in [1.82, 2.24) is 9.97 Å². The summed E-state index contributed by atoms with van der Waals surface area (Å²) in [7, 11) is 0. The molecule has 1 aromatic carbocycles. The molecule has 0 aliphatic rings. The van der Waals surface area contributed by atoms with Crippen molar-refractivity contribution in [2.45, 2.75) is 26.7 Å². The van der Waals surface area contributed by atoms with E-state index in [0.717, 1.165) is 47.0 Å². The Hall–Kier alpha value is -1.33. The summed E-state index contributed by atoms with van der Waals surface area (Å²) in [5, 5.41) is 7.26. The Bertz CT molecular complexity index is 619. The second kappa shape index (κ2) is 7.61. The summed E-state index contributed by atoms with van der Waals surface area (Å²) < 4.78 is 0.850. The number of hydrogen-bond donors (Lipinski definition) is 2. The summed E-state index contributed by atoms with van der Waals surface area (Å²) in [4.78, 5) is 8.97. The number of anilines is 3. The summed E-state index contributed by atoms with van der Waals surface area (Å²) in [5.41, 5.74) is 0.925. The van der Waals surface area contributed by atoms with Gasteiger partial charge in [-0.05, 0) is 40.5 Å². The second-order valence-corrected chi connectivity index (χ2v) is 5.85. The molecular formula is C15H18BrClN4. The second-order valence-electron chi connectivity index (χ2n) is 4.59. The molecule has 0 saturated carbocycles. The SMILES string of the molecule is CCCNc1cc(Nc2ccc(Cl)c(Br)c2)nc(CC)n1. The van der Waals surface area contributed by atoms with Crippen LogP contribution in [0.15, 0.2) is 28.7 Å². The minimum Gasteiger partial charge on any atom is -0.370 e. The first kappa shape index (κ1) is 16.0. The minimum absolute atomic E-state index is 0.683. The van der Waals surface area contributed by atoms with E-state index < -0.39 is 0 Å². The summed E-state index contributed by atoms with van der Waals surface area (Å²) in [5.74, 6) is 2.43. The number of nitrogens with one attached hydrogen (secondary N) is 2. The molecule has 0 radical (unpaired) electrons. The molecule has 2 aromatic rings. The first-order valence-electron chi connectivity index (χ1n) is 6.96. The first-order chi connectivity index (χ1) is 10.1. The van der Waals surface area contributed by atoms with Crippen molar-refractivity contribution in [3.63, 3.8) is 0 Å². The highest BCUT2D eigenvalue weighted by Gasteiger charge is 2.05. The van der Waals surface area contributed by atoms with Gasteiger partial charge in [0, 0.05) is 29.2 Å². The Balaban J connectivity index is 2.23. The van der Waals surface area contributed by atoms with E-state index in [0.29, 0.717) is 5.02 Å². The molecule has 0 unspecified atom stereocenters. The molecule has 1 aromatic heterocycles. The Morgan fingerprint density at radius 1 is 1.14 bits per heavy atom.